The molecule has 1 aromatic rings. The first kappa shape index (κ1) is 14.4. The average molecular weight is 251 g/mol. The number of nitrogens with one attached hydrogen (secondary N) is 1. The van der Waals surface area contributed by atoms with Crippen LogP contribution in [-0.4, -0.2) is 46.6 Å². The highest BCUT2D eigenvalue weighted by atomic mass is 16.3. The van der Waals surface area contributed by atoms with E-state index in [0.29, 0.717) is 0 Å². The van der Waals surface area contributed by atoms with E-state index in [1.54, 1.807) is 6.07 Å². The Balaban J connectivity index is 2.57. The van der Waals surface area contributed by atoms with Crippen molar-refractivity contribution in [2.75, 3.05) is 19.6 Å². The van der Waals surface area contributed by atoms with Crippen LogP contribution in [0.15, 0.2) is 18.3 Å². The van der Waals surface area contributed by atoms with Crippen molar-refractivity contribution in [1.29, 1.82) is 0 Å². The van der Waals surface area contributed by atoms with Crippen molar-refractivity contribution in [1.82, 2.24) is 15.2 Å². The van der Waals surface area contributed by atoms with Crippen LogP contribution in [0.3, 0.4) is 0 Å². The molecule has 0 bridgehead atoms. The topological polar surface area (TPSA) is 65.5 Å². The fourth-order valence-corrected chi connectivity index (χ4v) is 1.78. The number of aromatic nitrogens is 1. The lowest BCUT2D eigenvalue weighted by atomic mass is 10.2. The summed E-state index contributed by atoms with van der Waals surface area (Å²) >= 11 is 0. The highest BCUT2D eigenvalue weighted by molar-refractivity contribution is 5.94. The zero-order valence-electron chi connectivity index (χ0n) is 11.2. The Morgan fingerprint density at radius 1 is 1.50 bits per heavy atom. The van der Waals surface area contributed by atoms with E-state index in [0.717, 1.165) is 19.6 Å². The lowest BCUT2D eigenvalue weighted by Gasteiger charge is -2.23. The van der Waals surface area contributed by atoms with Gasteiger partial charge in [0.1, 0.15) is 5.75 Å². The number of nitrogens with zero attached hydrogens (tertiary/aromatic N) is 2. The maximum atomic E-state index is 11.9. The van der Waals surface area contributed by atoms with Crippen molar-refractivity contribution >= 4 is 5.91 Å². The fourth-order valence-electron chi connectivity index (χ4n) is 1.78. The van der Waals surface area contributed by atoms with E-state index in [9.17, 15) is 9.90 Å². The molecule has 5 nitrogen and oxygen atoms in total. The number of hydrogen-bond donors (Lipinski definition) is 2. The highest BCUT2D eigenvalue weighted by Gasteiger charge is 2.15. The third-order valence-corrected chi connectivity index (χ3v) is 2.81. The Morgan fingerprint density at radius 3 is 2.72 bits per heavy atom. The summed E-state index contributed by atoms with van der Waals surface area (Å²) < 4.78 is 0. The Kier molecular flexibility index (Phi) is 5.58. The minimum absolute atomic E-state index is 0.0128. The normalized spacial score (nSPS) is 12.4. The predicted molar refractivity (Wildman–Crippen MR) is 70.6 cm³/mol. The first-order valence-electron chi connectivity index (χ1n) is 6.25. The lowest BCUT2D eigenvalue weighted by Crippen LogP contribution is -2.42. The number of pyridine rings is 1. The summed E-state index contributed by atoms with van der Waals surface area (Å²) in [5, 5.41) is 12.4. The number of aromatic hydroxyl groups is 1. The van der Waals surface area contributed by atoms with Crippen molar-refractivity contribution < 1.29 is 9.90 Å². The summed E-state index contributed by atoms with van der Waals surface area (Å²) in [6.07, 6.45) is 1.49. The second-order valence-corrected chi connectivity index (χ2v) is 4.23. The van der Waals surface area contributed by atoms with Crippen LogP contribution in [0.5, 0.6) is 5.75 Å². The van der Waals surface area contributed by atoms with Crippen molar-refractivity contribution in [3.63, 3.8) is 0 Å². The Bertz CT molecular complexity index is 392. The minimum atomic E-state index is -0.340. The van der Waals surface area contributed by atoms with Gasteiger partial charge in [-0.05, 0) is 32.1 Å². The summed E-state index contributed by atoms with van der Waals surface area (Å²) in [6.45, 7) is 8.80. The van der Waals surface area contributed by atoms with Crippen molar-refractivity contribution in [3.8, 4) is 5.75 Å². The average Bonchev–Trinajstić information content (AvgIpc) is 2.36. The number of hydrogen-bond acceptors (Lipinski definition) is 4. The molecule has 1 atom stereocenters. The van der Waals surface area contributed by atoms with Gasteiger partial charge in [0.05, 0.1) is 0 Å². The molecule has 0 aromatic carbocycles. The van der Waals surface area contributed by atoms with Gasteiger partial charge in [-0.2, -0.15) is 0 Å². The Hall–Kier alpha value is -1.62. The van der Waals surface area contributed by atoms with E-state index in [-0.39, 0.29) is 23.4 Å². The van der Waals surface area contributed by atoms with Crippen molar-refractivity contribution in [3.05, 3.63) is 24.0 Å². The molecule has 0 saturated heterocycles. The standard InChI is InChI=1S/C13H21N3O2/c1-4-16(5-2)9-10(3)15-13(18)12-11(17)7-6-8-14-12/h6-8,10,17H,4-5,9H2,1-3H3,(H,15,18). The molecule has 0 radical (unpaired) electrons. The minimum Gasteiger partial charge on any atom is -0.505 e. The van der Waals surface area contributed by atoms with Gasteiger partial charge in [-0.15, -0.1) is 0 Å². The van der Waals surface area contributed by atoms with E-state index in [2.05, 4.69) is 29.0 Å². The van der Waals surface area contributed by atoms with Gasteiger partial charge in [0.2, 0.25) is 0 Å². The van der Waals surface area contributed by atoms with Crippen LogP contribution in [-0.2, 0) is 0 Å². The summed E-state index contributed by atoms with van der Waals surface area (Å²) in [7, 11) is 0. The first-order valence-corrected chi connectivity index (χ1v) is 6.25. The third kappa shape index (κ3) is 4.00. The summed E-state index contributed by atoms with van der Waals surface area (Å²) in [6, 6.07) is 3.06. The summed E-state index contributed by atoms with van der Waals surface area (Å²) in [5.41, 5.74) is 0.0731. The van der Waals surface area contributed by atoms with E-state index >= 15 is 0 Å². The highest BCUT2D eigenvalue weighted by Crippen LogP contribution is 2.12. The number of carbonyl (C=O) groups excluding carboxylic acids is 1. The van der Waals surface area contributed by atoms with Gasteiger partial charge in [-0.3, -0.25) is 4.79 Å². The largest absolute Gasteiger partial charge is 0.505 e. The summed E-state index contributed by atoms with van der Waals surface area (Å²) in [5.74, 6) is -0.433. The number of amides is 1. The molecule has 1 heterocycles. The third-order valence-electron chi connectivity index (χ3n) is 2.81. The molecule has 0 aliphatic carbocycles. The van der Waals surface area contributed by atoms with Gasteiger partial charge in [-0.25, -0.2) is 4.98 Å². The van der Waals surface area contributed by atoms with Crippen LogP contribution in [0.1, 0.15) is 31.3 Å². The van der Waals surface area contributed by atoms with Gasteiger partial charge in [0.25, 0.3) is 5.91 Å². The van der Waals surface area contributed by atoms with Crippen molar-refractivity contribution in [2.45, 2.75) is 26.8 Å². The molecule has 1 rings (SSSR count). The van der Waals surface area contributed by atoms with Crippen molar-refractivity contribution in [2.24, 2.45) is 0 Å². The Labute approximate surface area is 108 Å². The van der Waals surface area contributed by atoms with Crippen LogP contribution < -0.4 is 5.32 Å². The van der Waals surface area contributed by atoms with Gasteiger partial charge in [0.15, 0.2) is 5.69 Å². The molecule has 0 saturated carbocycles. The molecule has 0 spiro atoms. The molecular formula is C13H21N3O2. The molecule has 18 heavy (non-hydrogen) atoms. The molecule has 1 unspecified atom stereocenters. The number of carbonyl (C=O) groups is 1. The fraction of sp³-hybridized carbons (Fsp3) is 0.538. The van der Waals surface area contributed by atoms with E-state index in [4.69, 9.17) is 0 Å². The van der Waals surface area contributed by atoms with Crippen LogP contribution in [0.25, 0.3) is 0 Å². The van der Waals surface area contributed by atoms with Crippen LogP contribution >= 0.6 is 0 Å². The lowest BCUT2D eigenvalue weighted by molar-refractivity contribution is 0.0922. The molecule has 0 aliphatic rings. The number of likely N-dealkylation sites (N-methyl/N-ethyl adjacent to an activating group) is 1. The van der Waals surface area contributed by atoms with E-state index < -0.39 is 0 Å². The molecule has 0 fully saturated rings. The molecule has 1 aromatic heterocycles. The second-order valence-electron chi connectivity index (χ2n) is 4.23. The predicted octanol–water partition coefficient (Wildman–Crippen LogP) is 1.25. The van der Waals surface area contributed by atoms with Gasteiger partial charge in [-0.1, -0.05) is 13.8 Å². The zero-order valence-corrected chi connectivity index (χ0v) is 11.2. The maximum absolute atomic E-state index is 11.9. The smallest absolute Gasteiger partial charge is 0.273 e. The maximum Gasteiger partial charge on any atom is 0.273 e. The van der Waals surface area contributed by atoms with E-state index in [1.807, 2.05) is 6.92 Å². The molecule has 1 amide bonds. The first-order chi connectivity index (χ1) is 8.58. The zero-order chi connectivity index (χ0) is 13.5. The molecule has 2 N–H and O–H groups in total. The second kappa shape index (κ2) is 6.96. The summed E-state index contributed by atoms with van der Waals surface area (Å²) in [4.78, 5) is 18.0. The monoisotopic (exact) mass is 251 g/mol. The van der Waals surface area contributed by atoms with E-state index in [1.165, 1.54) is 12.3 Å². The quantitative estimate of drug-likeness (QED) is 0.798. The number of rotatable bonds is 6. The van der Waals surface area contributed by atoms with Gasteiger partial charge in [0, 0.05) is 18.8 Å². The molecule has 5 heteroatoms. The van der Waals surface area contributed by atoms with Crippen LogP contribution in [0.2, 0.25) is 0 Å². The Morgan fingerprint density at radius 2 is 2.17 bits per heavy atom. The molecule has 0 aliphatic heterocycles. The van der Waals surface area contributed by atoms with Gasteiger partial charge < -0.3 is 15.3 Å². The SMILES string of the molecule is CCN(CC)CC(C)NC(=O)c1ncccc1O. The molecule has 100 valence electrons. The van der Waals surface area contributed by atoms with Crippen LogP contribution in [0.4, 0.5) is 0 Å². The molecular weight excluding hydrogens is 230 g/mol. The van der Waals surface area contributed by atoms with Gasteiger partial charge >= 0.3 is 0 Å². The van der Waals surface area contributed by atoms with Crippen LogP contribution in [0, 0.1) is 0 Å².